The molecule has 0 aliphatic heterocycles. The fourth-order valence-electron chi connectivity index (χ4n) is 3.02. The molecule has 0 radical (unpaired) electrons. The van der Waals surface area contributed by atoms with Gasteiger partial charge in [0, 0.05) is 23.4 Å². The minimum atomic E-state index is -0.574. The predicted molar refractivity (Wildman–Crippen MR) is 128 cm³/mol. The molecule has 3 aromatic carbocycles. The summed E-state index contributed by atoms with van der Waals surface area (Å²) < 4.78 is 17.9. The fourth-order valence-corrected chi connectivity index (χ4v) is 3.15. The number of carbonyl (C=O) groups excluding carboxylic acids is 1. The number of rotatable bonds is 9. The summed E-state index contributed by atoms with van der Waals surface area (Å²) in [5.74, 6) is 1.37. The summed E-state index contributed by atoms with van der Waals surface area (Å²) in [7, 11) is 1.58. The van der Waals surface area contributed by atoms with Crippen LogP contribution in [-0.2, 0) is 6.73 Å². The van der Waals surface area contributed by atoms with Crippen LogP contribution in [0.5, 0.6) is 23.0 Å². The van der Waals surface area contributed by atoms with E-state index in [9.17, 15) is 14.9 Å². The molecule has 0 unspecified atom stereocenters. The van der Waals surface area contributed by atoms with Crippen LogP contribution < -0.4 is 19.5 Å². The standard InChI is InChI=1S/C24H19ClN4O6/c1-33-19-6-8-20(9-7-19)34-15-28-11-10-23(27-28)24(30)26-17-12-18(29(31)32)14-22(13-17)35-21-4-2-16(25)3-5-21/h2-14H,15H2,1H3,(H,26,30). The van der Waals surface area contributed by atoms with Crippen molar-refractivity contribution in [3.8, 4) is 23.0 Å². The number of hydrogen-bond acceptors (Lipinski definition) is 7. The highest BCUT2D eigenvalue weighted by Gasteiger charge is 2.15. The number of amides is 1. The molecule has 1 N–H and O–H groups in total. The second-order valence-electron chi connectivity index (χ2n) is 7.17. The number of nitro groups is 1. The van der Waals surface area contributed by atoms with Crippen LogP contribution in [0.3, 0.4) is 0 Å². The van der Waals surface area contributed by atoms with Gasteiger partial charge in [-0.2, -0.15) is 5.10 Å². The Morgan fingerprint density at radius 2 is 1.69 bits per heavy atom. The molecular weight excluding hydrogens is 476 g/mol. The molecule has 178 valence electrons. The number of carbonyl (C=O) groups is 1. The third-order valence-electron chi connectivity index (χ3n) is 4.71. The summed E-state index contributed by atoms with van der Waals surface area (Å²) in [6.07, 6.45) is 1.58. The predicted octanol–water partition coefficient (Wildman–Crippen LogP) is 5.53. The second-order valence-corrected chi connectivity index (χ2v) is 7.61. The molecule has 1 heterocycles. The summed E-state index contributed by atoms with van der Waals surface area (Å²) in [5, 5.41) is 18.7. The number of non-ortho nitro benzene ring substituents is 1. The van der Waals surface area contributed by atoms with Crippen LogP contribution in [0.15, 0.2) is 79.0 Å². The zero-order chi connectivity index (χ0) is 24.8. The minimum Gasteiger partial charge on any atom is -0.497 e. The van der Waals surface area contributed by atoms with Gasteiger partial charge in [-0.15, -0.1) is 0 Å². The van der Waals surface area contributed by atoms with Gasteiger partial charge in [0.25, 0.3) is 11.6 Å². The summed E-state index contributed by atoms with van der Waals surface area (Å²) in [5.41, 5.74) is 0.0392. The van der Waals surface area contributed by atoms with Gasteiger partial charge in [-0.05, 0) is 54.6 Å². The maximum atomic E-state index is 12.7. The molecule has 35 heavy (non-hydrogen) atoms. The Morgan fingerprint density at radius 1 is 1.00 bits per heavy atom. The lowest BCUT2D eigenvalue weighted by Gasteiger charge is -2.09. The number of nitrogens with zero attached hydrogens (tertiary/aromatic N) is 3. The van der Waals surface area contributed by atoms with Crippen molar-refractivity contribution >= 4 is 28.9 Å². The Morgan fingerprint density at radius 3 is 2.37 bits per heavy atom. The van der Waals surface area contributed by atoms with Crippen LogP contribution in [0.25, 0.3) is 0 Å². The lowest BCUT2D eigenvalue weighted by molar-refractivity contribution is -0.384. The highest BCUT2D eigenvalue weighted by Crippen LogP contribution is 2.30. The minimum absolute atomic E-state index is 0.0789. The number of ether oxygens (including phenoxy) is 3. The van der Waals surface area contributed by atoms with E-state index in [0.717, 1.165) is 0 Å². The number of aromatic nitrogens is 2. The SMILES string of the molecule is COc1ccc(OCn2ccc(C(=O)Nc3cc(Oc4ccc(Cl)cc4)cc([N+](=O)[O-])c3)n2)cc1. The van der Waals surface area contributed by atoms with E-state index >= 15 is 0 Å². The summed E-state index contributed by atoms with van der Waals surface area (Å²) in [6.45, 7) is 0.0789. The lowest BCUT2D eigenvalue weighted by atomic mass is 10.2. The van der Waals surface area contributed by atoms with Crippen LogP contribution in [0, 0.1) is 10.1 Å². The molecule has 0 bridgehead atoms. The average Bonchev–Trinajstić information content (AvgIpc) is 3.34. The number of anilines is 1. The summed E-state index contributed by atoms with van der Waals surface area (Å²) in [4.78, 5) is 23.5. The Kier molecular flexibility index (Phi) is 7.12. The van der Waals surface area contributed by atoms with Gasteiger partial charge in [-0.3, -0.25) is 14.9 Å². The van der Waals surface area contributed by atoms with Crippen molar-refractivity contribution in [2.45, 2.75) is 6.73 Å². The first-order chi connectivity index (χ1) is 16.9. The highest BCUT2D eigenvalue weighted by atomic mass is 35.5. The fraction of sp³-hybridized carbons (Fsp3) is 0.0833. The first-order valence-electron chi connectivity index (χ1n) is 10.2. The summed E-state index contributed by atoms with van der Waals surface area (Å²) >= 11 is 5.87. The van der Waals surface area contributed by atoms with Crippen molar-refractivity contribution in [1.29, 1.82) is 0 Å². The van der Waals surface area contributed by atoms with Gasteiger partial charge < -0.3 is 19.5 Å². The molecule has 4 rings (SSSR count). The van der Waals surface area contributed by atoms with E-state index in [4.69, 9.17) is 25.8 Å². The molecule has 11 heteroatoms. The van der Waals surface area contributed by atoms with Crippen LogP contribution in [0.2, 0.25) is 5.02 Å². The normalized spacial score (nSPS) is 10.5. The van der Waals surface area contributed by atoms with Gasteiger partial charge in [0.1, 0.15) is 23.0 Å². The van der Waals surface area contributed by atoms with E-state index in [2.05, 4.69) is 10.4 Å². The van der Waals surface area contributed by atoms with Gasteiger partial charge in [0.2, 0.25) is 0 Å². The molecule has 0 fully saturated rings. The first kappa shape index (κ1) is 23.6. The van der Waals surface area contributed by atoms with Crippen LogP contribution >= 0.6 is 11.6 Å². The highest BCUT2D eigenvalue weighted by molar-refractivity contribution is 6.30. The molecule has 0 atom stereocenters. The second kappa shape index (κ2) is 10.6. The lowest BCUT2D eigenvalue weighted by Crippen LogP contribution is -2.14. The molecule has 0 saturated heterocycles. The summed E-state index contributed by atoms with van der Waals surface area (Å²) in [6, 6.07) is 19.0. The van der Waals surface area contributed by atoms with Crippen molar-refractivity contribution in [3.63, 3.8) is 0 Å². The number of hydrogen-bond donors (Lipinski definition) is 1. The Hall–Kier alpha value is -4.57. The molecule has 4 aromatic rings. The maximum absolute atomic E-state index is 12.7. The van der Waals surface area contributed by atoms with Crippen LogP contribution in [-0.4, -0.2) is 27.7 Å². The van der Waals surface area contributed by atoms with Gasteiger partial charge >= 0.3 is 0 Å². The van der Waals surface area contributed by atoms with E-state index in [1.807, 2.05) is 0 Å². The quantitative estimate of drug-likeness (QED) is 0.240. The number of methoxy groups -OCH3 is 1. The van der Waals surface area contributed by atoms with E-state index in [1.165, 1.54) is 28.9 Å². The first-order valence-corrected chi connectivity index (χ1v) is 10.6. The third kappa shape index (κ3) is 6.27. The molecule has 0 spiro atoms. The third-order valence-corrected chi connectivity index (χ3v) is 4.96. The number of nitrogens with one attached hydrogen (secondary N) is 1. The molecule has 0 saturated carbocycles. The van der Waals surface area contributed by atoms with Crippen LogP contribution in [0.4, 0.5) is 11.4 Å². The Balaban J connectivity index is 1.43. The van der Waals surface area contributed by atoms with Gasteiger partial charge in [0.05, 0.1) is 23.8 Å². The molecule has 1 amide bonds. The van der Waals surface area contributed by atoms with Crippen molar-refractivity contribution in [3.05, 3.63) is 99.8 Å². The van der Waals surface area contributed by atoms with E-state index in [1.54, 1.807) is 61.8 Å². The van der Waals surface area contributed by atoms with Gasteiger partial charge in [-0.25, -0.2) is 4.68 Å². The largest absolute Gasteiger partial charge is 0.497 e. The molecule has 0 aliphatic rings. The maximum Gasteiger partial charge on any atom is 0.276 e. The smallest absolute Gasteiger partial charge is 0.276 e. The zero-order valence-electron chi connectivity index (χ0n) is 18.4. The number of halogens is 1. The Labute approximate surface area is 204 Å². The monoisotopic (exact) mass is 494 g/mol. The van der Waals surface area contributed by atoms with Crippen molar-refractivity contribution in [2.24, 2.45) is 0 Å². The van der Waals surface area contributed by atoms with Crippen molar-refractivity contribution < 1.29 is 23.9 Å². The van der Waals surface area contributed by atoms with Crippen molar-refractivity contribution in [2.75, 3.05) is 12.4 Å². The van der Waals surface area contributed by atoms with Gasteiger partial charge in [0.15, 0.2) is 12.4 Å². The molecule has 0 aliphatic carbocycles. The Bertz CT molecular complexity index is 1340. The number of benzene rings is 3. The number of nitro benzene ring substituents is 1. The van der Waals surface area contributed by atoms with E-state index in [0.29, 0.717) is 22.3 Å². The average molecular weight is 495 g/mol. The zero-order valence-corrected chi connectivity index (χ0v) is 19.1. The van der Waals surface area contributed by atoms with E-state index in [-0.39, 0.29) is 29.5 Å². The molecule has 1 aromatic heterocycles. The van der Waals surface area contributed by atoms with Crippen LogP contribution in [0.1, 0.15) is 10.5 Å². The molecular formula is C24H19ClN4O6. The molecule has 10 nitrogen and oxygen atoms in total. The van der Waals surface area contributed by atoms with E-state index < -0.39 is 10.8 Å². The van der Waals surface area contributed by atoms with Gasteiger partial charge in [-0.1, -0.05) is 11.6 Å². The van der Waals surface area contributed by atoms with Crippen molar-refractivity contribution in [1.82, 2.24) is 9.78 Å². The topological polar surface area (TPSA) is 118 Å².